The molecule has 3 rings (SSSR count). The van der Waals surface area contributed by atoms with Crippen LogP contribution < -0.4 is 10.3 Å². The van der Waals surface area contributed by atoms with E-state index < -0.39 is 6.10 Å². The fourth-order valence-electron chi connectivity index (χ4n) is 2.73. The lowest BCUT2D eigenvalue weighted by molar-refractivity contribution is 0.126. The van der Waals surface area contributed by atoms with Crippen molar-refractivity contribution in [2.75, 3.05) is 12.4 Å². The van der Waals surface area contributed by atoms with E-state index in [0.717, 1.165) is 12.2 Å². The molecule has 0 aliphatic rings. The summed E-state index contributed by atoms with van der Waals surface area (Å²) in [7, 11) is 0. The van der Waals surface area contributed by atoms with Crippen molar-refractivity contribution in [3.05, 3.63) is 65.0 Å². The first kappa shape index (κ1) is 19.5. The van der Waals surface area contributed by atoms with Gasteiger partial charge in [-0.05, 0) is 37.6 Å². The molecule has 1 heterocycles. The first-order valence-electron chi connectivity index (χ1n) is 9.10. The van der Waals surface area contributed by atoms with E-state index in [4.69, 9.17) is 4.74 Å². The van der Waals surface area contributed by atoms with Crippen LogP contribution in [0.2, 0.25) is 0 Å². The Bertz CT molecular complexity index is 943. The second kappa shape index (κ2) is 9.06. The zero-order valence-electron chi connectivity index (χ0n) is 15.5. The van der Waals surface area contributed by atoms with E-state index in [1.54, 1.807) is 10.6 Å². The number of hydrogen-bond donors (Lipinski definition) is 1. The quantitative estimate of drug-likeness (QED) is 0.471. The lowest BCUT2D eigenvalue weighted by Crippen LogP contribution is -2.27. The van der Waals surface area contributed by atoms with Crippen LogP contribution in [0.1, 0.15) is 26.3 Å². The highest BCUT2D eigenvalue weighted by molar-refractivity contribution is 7.99. The van der Waals surface area contributed by atoms with Gasteiger partial charge in [0.25, 0.3) is 5.56 Å². The zero-order valence-corrected chi connectivity index (χ0v) is 16.4. The van der Waals surface area contributed by atoms with Crippen molar-refractivity contribution in [2.24, 2.45) is 0 Å². The van der Waals surface area contributed by atoms with Crippen LogP contribution in [0.3, 0.4) is 0 Å². The van der Waals surface area contributed by atoms with E-state index in [9.17, 15) is 9.90 Å². The first-order chi connectivity index (χ1) is 13.1. The van der Waals surface area contributed by atoms with Gasteiger partial charge in [0, 0.05) is 11.8 Å². The Balaban J connectivity index is 1.76. The van der Waals surface area contributed by atoms with Crippen molar-refractivity contribution in [2.45, 2.75) is 37.6 Å². The number of ether oxygens (including phenoxy) is 1. The van der Waals surface area contributed by atoms with Crippen LogP contribution in [0.25, 0.3) is 10.9 Å². The normalized spacial score (nSPS) is 13.4. The van der Waals surface area contributed by atoms with Gasteiger partial charge in [-0.2, -0.15) is 0 Å². The molecule has 142 valence electrons. The molecular weight excluding hydrogens is 360 g/mol. The number of rotatable bonds is 8. The van der Waals surface area contributed by atoms with E-state index in [1.807, 2.05) is 62.4 Å². The maximum Gasteiger partial charge on any atom is 0.262 e. The Kier molecular flexibility index (Phi) is 6.53. The molecule has 5 nitrogen and oxygen atoms in total. The van der Waals surface area contributed by atoms with Gasteiger partial charge in [-0.25, -0.2) is 4.98 Å². The number of aliphatic hydroxyl groups excluding tert-OH is 1. The van der Waals surface area contributed by atoms with Gasteiger partial charge >= 0.3 is 0 Å². The fourth-order valence-corrected chi connectivity index (χ4v) is 3.73. The summed E-state index contributed by atoms with van der Waals surface area (Å²) in [5.41, 5.74) is 0.645. The van der Waals surface area contributed by atoms with E-state index in [1.165, 1.54) is 11.8 Å². The highest BCUT2D eigenvalue weighted by Gasteiger charge is 2.17. The molecular formula is C21H24N2O3S. The number of thioether (sulfide) groups is 1. The topological polar surface area (TPSA) is 64.3 Å². The van der Waals surface area contributed by atoms with Crippen molar-refractivity contribution in [1.82, 2.24) is 9.55 Å². The molecule has 6 heteroatoms. The molecule has 0 saturated carbocycles. The lowest BCUT2D eigenvalue weighted by Gasteiger charge is -2.19. The zero-order chi connectivity index (χ0) is 19.2. The third-order valence-electron chi connectivity index (χ3n) is 4.40. The summed E-state index contributed by atoms with van der Waals surface area (Å²) in [6.45, 7) is 4.25. The molecule has 0 saturated heterocycles. The highest BCUT2D eigenvalue weighted by Crippen LogP contribution is 2.23. The molecule has 2 aromatic carbocycles. The Hall–Kier alpha value is -2.31. The molecule has 0 aliphatic carbocycles. The van der Waals surface area contributed by atoms with Gasteiger partial charge in [0.15, 0.2) is 5.16 Å². The predicted octanol–water partition coefficient (Wildman–Crippen LogP) is 3.90. The monoisotopic (exact) mass is 384 g/mol. The number of aromatic nitrogens is 2. The Morgan fingerprint density at radius 1 is 1.15 bits per heavy atom. The second-order valence-electron chi connectivity index (χ2n) is 6.43. The van der Waals surface area contributed by atoms with E-state index in [0.29, 0.717) is 21.8 Å². The maximum atomic E-state index is 12.9. The van der Waals surface area contributed by atoms with Gasteiger partial charge in [0.1, 0.15) is 12.4 Å². The smallest absolute Gasteiger partial charge is 0.262 e. The molecule has 0 bridgehead atoms. The summed E-state index contributed by atoms with van der Waals surface area (Å²) >= 11 is 1.38. The van der Waals surface area contributed by atoms with Crippen molar-refractivity contribution >= 4 is 22.7 Å². The minimum Gasteiger partial charge on any atom is -0.491 e. The average molecular weight is 385 g/mol. The van der Waals surface area contributed by atoms with Crippen LogP contribution in [0.15, 0.2) is 64.5 Å². The van der Waals surface area contributed by atoms with Crippen molar-refractivity contribution < 1.29 is 9.84 Å². The molecule has 3 aromatic rings. The minimum atomic E-state index is -0.663. The minimum absolute atomic E-state index is 0.0347. The van der Waals surface area contributed by atoms with Gasteiger partial charge in [-0.3, -0.25) is 9.36 Å². The highest BCUT2D eigenvalue weighted by atomic mass is 32.2. The van der Waals surface area contributed by atoms with E-state index in [2.05, 4.69) is 4.98 Å². The maximum absolute atomic E-state index is 12.9. The Morgan fingerprint density at radius 3 is 2.59 bits per heavy atom. The van der Waals surface area contributed by atoms with Gasteiger partial charge in [0.2, 0.25) is 0 Å². The van der Waals surface area contributed by atoms with Crippen LogP contribution in [-0.2, 0) is 0 Å². The number of fused-ring (bicyclic) bond motifs is 1. The number of aliphatic hydroxyl groups is 1. The number of benzene rings is 2. The fraction of sp³-hybridized carbons (Fsp3) is 0.333. The number of para-hydroxylation sites is 2. The van der Waals surface area contributed by atoms with Crippen molar-refractivity contribution in [1.29, 1.82) is 0 Å². The molecule has 0 radical (unpaired) electrons. The van der Waals surface area contributed by atoms with Crippen LogP contribution in [0.5, 0.6) is 5.75 Å². The molecule has 0 fully saturated rings. The molecule has 0 amide bonds. The third kappa shape index (κ3) is 4.70. The molecule has 0 aliphatic heterocycles. The van der Waals surface area contributed by atoms with Crippen molar-refractivity contribution in [3.8, 4) is 5.75 Å². The van der Waals surface area contributed by atoms with Crippen LogP contribution in [0.4, 0.5) is 0 Å². The number of nitrogens with zero attached hydrogens (tertiary/aromatic N) is 2. The van der Waals surface area contributed by atoms with Gasteiger partial charge in [-0.15, -0.1) is 0 Å². The van der Waals surface area contributed by atoms with Crippen LogP contribution in [0, 0.1) is 0 Å². The summed E-state index contributed by atoms with van der Waals surface area (Å²) in [6.07, 6.45) is 0.164. The Labute approximate surface area is 163 Å². The average Bonchev–Trinajstić information content (AvgIpc) is 2.71. The van der Waals surface area contributed by atoms with E-state index in [-0.39, 0.29) is 18.2 Å². The summed E-state index contributed by atoms with van der Waals surface area (Å²) in [6, 6.07) is 16.8. The molecule has 2 atom stereocenters. The lowest BCUT2D eigenvalue weighted by atomic mass is 10.2. The summed E-state index contributed by atoms with van der Waals surface area (Å²) in [5.74, 6) is 1.12. The second-order valence-corrected chi connectivity index (χ2v) is 7.42. The standard InChI is InChI=1S/C21H24N2O3S/c1-3-15(2)23-20(25)18-11-7-8-12-19(18)22-21(23)27-14-16(24)13-26-17-9-5-4-6-10-17/h4-12,15-16,24H,3,13-14H2,1-2H3/t15-,16+/m1/s1. The first-order valence-corrected chi connectivity index (χ1v) is 10.1. The molecule has 1 aromatic heterocycles. The predicted molar refractivity (Wildman–Crippen MR) is 110 cm³/mol. The third-order valence-corrected chi connectivity index (χ3v) is 5.50. The van der Waals surface area contributed by atoms with E-state index >= 15 is 0 Å². The van der Waals surface area contributed by atoms with Gasteiger partial charge < -0.3 is 9.84 Å². The molecule has 27 heavy (non-hydrogen) atoms. The molecule has 0 spiro atoms. The largest absolute Gasteiger partial charge is 0.491 e. The van der Waals surface area contributed by atoms with Gasteiger partial charge in [-0.1, -0.05) is 49.0 Å². The van der Waals surface area contributed by atoms with Gasteiger partial charge in [0.05, 0.1) is 17.0 Å². The summed E-state index contributed by atoms with van der Waals surface area (Å²) in [4.78, 5) is 17.6. The number of hydrogen-bond acceptors (Lipinski definition) is 5. The van der Waals surface area contributed by atoms with Crippen LogP contribution in [-0.4, -0.2) is 33.1 Å². The SMILES string of the molecule is CC[C@@H](C)n1c(SC[C@@H](O)COc2ccccc2)nc2ccccc2c1=O. The summed E-state index contributed by atoms with van der Waals surface area (Å²) in [5, 5.41) is 11.5. The summed E-state index contributed by atoms with van der Waals surface area (Å²) < 4.78 is 7.33. The molecule has 0 unspecified atom stereocenters. The van der Waals surface area contributed by atoms with Crippen LogP contribution >= 0.6 is 11.8 Å². The Morgan fingerprint density at radius 2 is 1.85 bits per heavy atom. The molecule has 1 N–H and O–H groups in total. The van der Waals surface area contributed by atoms with Crippen molar-refractivity contribution in [3.63, 3.8) is 0 Å².